The fourth-order valence-corrected chi connectivity index (χ4v) is 3.30. The number of ether oxygens (including phenoxy) is 5. The number of fused-ring (bicyclic) bond motifs is 2. The smallest absolute Gasteiger partial charge is 0.374 e. The van der Waals surface area contributed by atoms with Crippen LogP contribution < -0.4 is 24.6 Å². The maximum atomic E-state index is 12.5. The normalized spacial score (nSPS) is 17.6. The van der Waals surface area contributed by atoms with Gasteiger partial charge in [0.1, 0.15) is 6.10 Å². The fourth-order valence-electron chi connectivity index (χ4n) is 3.30. The number of hydrogen-bond donors (Lipinski definition) is 0. The highest BCUT2D eigenvalue weighted by atomic mass is 16.6. The highest BCUT2D eigenvalue weighted by Gasteiger charge is 2.31. The Labute approximate surface area is 151 Å². The van der Waals surface area contributed by atoms with Gasteiger partial charge < -0.3 is 23.7 Å². The quantitative estimate of drug-likeness (QED) is 0.743. The second kappa shape index (κ2) is 7.15. The molecule has 1 heterocycles. The number of esters is 1. The van der Waals surface area contributed by atoms with Gasteiger partial charge in [0.05, 0.1) is 27.9 Å². The molecule has 1 aromatic rings. The molecule has 3 rings (SSSR count). The summed E-state index contributed by atoms with van der Waals surface area (Å²) in [6.07, 6.45) is 5.38. The largest absolute Gasteiger partial charge is 0.493 e. The summed E-state index contributed by atoms with van der Waals surface area (Å²) in [6.45, 7) is 3.99. The zero-order valence-electron chi connectivity index (χ0n) is 15.5. The van der Waals surface area contributed by atoms with Gasteiger partial charge in [-0.1, -0.05) is 12.2 Å². The molecule has 0 fully saturated rings. The lowest BCUT2D eigenvalue weighted by atomic mass is 9.91. The molecule has 138 valence electrons. The third-order valence-electron chi connectivity index (χ3n) is 4.39. The van der Waals surface area contributed by atoms with Crippen LogP contribution in [0.1, 0.15) is 13.8 Å². The Bertz CT molecular complexity index is 923. The summed E-state index contributed by atoms with van der Waals surface area (Å²) in [7, 11) is 4.64. The molecule has 1 aliphatic carbocycles. The lowest BCUT2D eigenvalue weighted by Crippen LogP contribution is -2.42. The van der Waals surface area contributed by atoms with Crippen LogP contribution in [0.2, 0.25) is 0 Å². The van der Waals surface area contributed by atoms with Crippen molar-refractivity contribution in [3.8, 4) is 17.2 Å². The molecule has 0 N–H and O–H groups in total. The maximum absolute atomic E-state index is 12.5. The lowest BCUT2D eigenvalue weighted by molar-refractivity contribution is -0.138. The van der Waals surface area contributed by atoms with E-state index < -0.39 is 12.1 Å². The molecule has 0 saturated carbocycles. The molecular weight excluding hydrogens is 336 g/mol. The average Bonchev–Trinajstić information content (AvgIpc) is 2.65. The van der Waals surface area contributed by atoms with E-state index in [2.05, 4.69) is 0 Å². The van der Waals surface area contributed by atoms with Crippen LogP contribution >= 0.6 is 0 Å². The molecule has 1 atom stereocenters. The number of hydrogen-bond acceptors (Lipinski definition) is 6. The van der Waals surface area contributed by atoms with Crippen molar-refractivity contribution in [3.63, 3.8) is 0 Å². The Morgan fingerprint density at radius 3 is 2.50 bits per heavy atom. The van der Waals surface area contributed by atoms with Gasteiger partial charge in [0, 0.05) is 16.0 Å². The number of methoxy groups -OCH3 is 3. The molecule has 26 heavy (non-hydrogen) atoms. The van der Waals surface area contributed by atoms with E-state index in [-0.39, 0.29) is 12.4 Å². The molecule has 0 amide bonds. The Hall–Kier alpha value is -2.89. The Morgan fingerprint density at radius 2 is 1.88 bits per heavy atom. The third-order valence-corrected chi connectivity index (χ3v) is 4.39. The first-order valence-corrected chi connectivity index (χ1v) is 8.34. The summed E-state index contributed by atoms with van der Waals surface area (Å²) >= 11 is 0. The molecule has 1 aliphatic heterocycles. The van der Waals surface area contributed by atoms with Crippen molar-refractivity contribution in [2.24, 2.45) is 0 Å². The van der Waals surface area contributed by atoms with E-state index in [0.717, 1.165) is 16.4 Å². The molecule has 6 heteroatoms. The first-order chi connectivity index (χ1) is 12.6. The molecule has 0 saturated heterocycles. The number of allylic oxidation sites excluding steroid dienone is 2. The van der Waals surface area contributed by atoms with E-state index in [4.69, 9.17) is 23.7 Å². The minimum absolute atomic E-state index is 0.134. The van der Waals surface area contributed by atoms with Crippen LogP contribution in [-0.4, -0.2) is 40.0 Å². The summed E-state index contributed by atoms with van der Waals surface area (Å²) in [4.78, 5) is 12.5. The third kappa shape index (κ3) is 2.71. The second-order valence-corrected chi connectivity index (χ2v) is 5.80. The summed E-state index contributed by atoms with van der Waals surface area (Å²) < 4.78 is 27.8. The van der Waals surface area contributed by atoms with Crippen LogP contribution in [0.15, 0.2) is 29.9 Å². The van der Waals surface area contributed by atoms with Crippen LogP contribution in [0.25, 0.3) is 11.3 Å². The Morgan fingerprint density at radius 1 is 1.15 bits per heavy atom. The number of benzene rings is 1. The van der Waals surface area contributed by atoms with Gasteiger partial charge in [-0.25, -0.2) is 4.79 Å². The van der Waals surface area contributed by atoms with Crippen LogP contribution in [-0.2, 0) is 14.3 Å². The van der Waals surface area contributed by atoms with Gasteiger partial charge in [0.2, 0.25) is 11.5 Å². The van der Waals surface area contributed by atoms with E-state index in [1.807, 2.05) is 25.2 Å². The minimum atomic E-state index is -0.525. The molecule has 0 spiro atoms. The van der Waals surface area contributed by atoms with E-state index >= 15 is 0 Å². The summed E-state index contributed by atoms with van der Waals surface area (Å²) in [5, 5.41) is 1.31. The maximum Gasteiger partial charge on any atom is 0.374 e. The van der Waals surface area contributed by atoms with Crippen LogP contribution in [0, 0.1) is 0 Å². The molecule has 0 bridgehead atoms. The van der Waals surface area contributed by atoms with Crippen molar-refractivity contribution in [1.29, 1.82) is 0 Å². The molecule has 2 aliphatic rings. The van der Waals surface area contributed by atoms with E-state index in [9.17, 15) is 4.79 Å². The standard InChI is InChI=1S/C20H22O6/c1-6-25-20(21)17-12-10-14(22-3)18(23-4)19(24-5)16(12)15-11(2)8-7-9-13(15)26-17/h7-10,13H,6H2,1-5H3. The van der Waals surface area contributed by atoms with Crippen LogP contribution in [0.5, 0.6) is 17.2 Å². The van der Waals surface area contributed by atoms with Crippen molar-refractivity contribution >= 4 is 17.3 Å². The van der Waals surface area contributed by atoms with Gasteiger partial charge in [-0.05, 0) is 31.6 Å². The van der Waals surface area contributed by atoms with Gasteiger partial charge in [-0.2, -0.15) is 0 Å². The molecule has 6 nitrogen and oxygen atoms in total. The first kappa shape index (κ1) is 17.9. The highest BCUT2D eigenvalue weighted by molar-refractivity contribution is 6.07. The zero-order chi connectivity index (χ0) is 18.8. The minimum Gasteiger partial charge on any atom is -0.493 e. The first-order valence-electron chi connectivity index (χ1n) is 8.34. The monoisotopic (exact) mass is 358 g/mol. The number of carbonyl (C=O) groups is 1. The van der Waals surface area contributed by atoms with Gasteiger partial charge in [0.15, 0.2) is 11.5 Å². The average molecular weight is 358 g/mol. The predicted molar refractivity (Wildman–Crippen MR) is 96.6 cm³/mol. The van der Waals surface area contributed by atoms with E-state index in [1.165, 1.54) is 7.11 Å². The molecule has 0 radical (unpaired) electrons. The molecule has 1 unspecified atom stereocenters. The van der Waals surface area contributed by atoms with Crippen LogP contribution in [0.4, 0.5) is 0 Å². The number of rotatable bonds is 5. The molecular formula is C20H22O6. The van der Waals surface area contributed by atoms with Crippen molar-refractivity contribution in [3.05, 3.63) is 40.3 Å². The second-order valence-electron chi connectivity index (χ2n) is 5.80. The lowest BCUT2D eigenvalue weighted by Gasteiger charge is -2.28. The van der Waals surface area contributed by atoms with Crippen molar-refractivity contribution in [2.45, 2.75) is 20.0 Å². The van der Waals surface area contributed by atoms with E-state index in [0.29, 0.717) is 22.5 Å². The zero-order valence-corrected chi connectivity index (χ0v) is 15.5. The topological polar surface area (TPSA) is 63.2 Å². The predicted octanol–water partition coefficient (Wildman–Crippen LogP) is 1.45. The van der Waals surface area contributed by atoms with Crippen molar-refractivity contribution in [1.82, 2.24) is 0 Å². The summed E-state index contributed by atoms with van der Waals surface area (Å²) in [6, 6.07) is 1.72. The van der Waals surface area contributed by atoms with Gasteiger partial charge in [0.25, 0.3) is 0 Å². The van der Waals surface area contributed by atoms with Crippen molar-refractivity contribution < 1.29 is 28.5 Å². The van der Waals surface area contributed by atoms with Gasteiger partial charge in [-0.3, -0.25) is 0 Å². The molecule has 0 aromatic heterocycles. The van der Waals surface area contributed by atoms with Crippen LogP contribution in [0.3, 0.4) is 0 Å². The summed E-state index contributed by atoms with van der Waals surface area (Å²) in [5.41, 5.74) is 1.94. The number of carbonyl (C=O) groups excluding carboxylic acids is 1. The van der Waals surface area contributed by atoms with Gasteiger partial charge >= 0.3 is 5.97 Å². The van der Waals surface area contributed by atoms with Crippen molar-refractivity contribution in [2.75, 3.05) is 27.9 Å². The van der Waals surface area contributed by atoms with E-state index in [1.54, 1.807) is 27.2 Å². The molecule has 1 aromatic carbocycles. The summed E-state index contributed by atoms with van der Waals surface area (Å²) in [5.74, 6) is 1.01. The fraction of sp³-hybridized carbons (Fsp3) is 0.350. The Kier molecular flexibility index (Phi) is 4.93. The van der Waals surface area contributed by atoms with Gasteiger partial charge in [-0.15, -0.1) is 0 Å². The highest BCUT2D eigenvalue weighted by Crippen LogP contribution is 2.36. The SMILES string of the molecule is CCOC(=O)C1=c2cc(OC)c(OC)c(OC)c2=C2C(C)=CC=CC2O1. The Balaban J connectivity index is 2.52.